The van der Waals surface area contributed by atoms with E-state index in [1.807, 2.05) is 4.90 Å². The maximum atomic E-state index is 13.7. The Kier molecular flexibility index (Phi) is 6.07. The van der Waals surface area contributed by atoms with Crippen molar-refractivity contribution in [2.45, 2.75) is 33.6 Å². The molecule has 0 bridgehead atoms. The Morgan fingerprint density at radius 2 is 1.81 bits per heavy atom. The molecule has 2 heterocycles. The largest absolute Gasteiger partial charge is 0.366 e. The second-order valence-corrected chi connectivity index (χ2v) is 8.91. The van der Waals surface area contributed by atoms with E-state index in [2.05, 4.69) is 12.2 Å². The summed E-state index contributed by atoms with van der Waals surface area (Å²) >= 11 is 6.30. The summed E-state index contributed by atoms with van der Waals surface area (Å²) in [6, 6.07) is 12.3. The summed E-state index contributed by atoms with van der Waals surface area (Å²) in [5.74, 6) is -0.421. The van der Waals surface area contributed by atoms with E-state index < -0.39 is 0 Å². The number of amides is 3. The summed E-state index contributed by atoms with van der Waals surface area (Å²) in [5, 5.41) is 3.23. The smallest absolute Gasteiger partial charge is 0.282 e. The van der Waals surface area contributed by atoms with Gasteiger partial charge in [-0.2, -0.15) is 0 Å². The Morgan fingerprint density at radius 1 is 1.09 bits per heavy atom. The second kappa shape index (κ2) is 8.79. The van der Waals surface area contributed by atoms with Crippen LogP contribution in [0.3, 0.4) is 0 Å². The van der Waals surface area contributed by atoms with Gasteiger partial charge in [0.1, 0.15) is 5.70 Å². The summed E-state index contributed by atoms with van der Waals surface area (Å²) in [6.07, 6.45) is 2.07. The van der Waals surface area contributed by atoms with Gasteiger partial charge in [0.2, 0.25) is 5.91 Å². The minimum atomic E-state index is -0.360. The predicted molar refractivity (Wildman–Crippen MR) is 126 cm³/mol. The van der Waals surface area contributed by atoms with Crippen molar-refractivity contribution in [3.63, 3.8) is 0 Å². The van der Waals surface area contributed by atoms with Crippen LogP contribution >= 0.6 is 11.6 Å². The van der Waals surface area contributed by atoms with Gasteiger partial charge in [-0.3, -0.25) is 14.4 Å². The third kappa shape index (κ3) is 4.02. The Labute approximate surface area is 192 Å². The van der Waals surface area contributed by atoms with Gasteiger partial charge in [-0.05, 0) is 61.1 Å². The zero-order valence-electron chi connectivity index (χ0n) is 18.4. The number of hydrogen-bond acceptors (Lipinski definition) is 4. The molecule has 2 aliphatic rings. The maximum absolute atomic E-state index is 13.7. The first-order valence-electron chi connectivity index (χ1n) is 10.8. The molecule has 4 rings (SSSR count). The van der Waals surface area contributed by atoms with Gasteiger partial charge in [-0.25, -0.2) is 4.90 Å². The lowest BCUT2D eigenvalue weighted by molar-refractivity contribution is -0.121. The van der Waals surface area contributed by atoms with Crippen molar-refractivity contribution in [2.24, 2.45) is 5.92 Å². The molecule has 0 aliphatic carbocycles. The highest BCUT2D eigenvalue weighted by Gasteiger charge is 2.43. The van der Waals surface area contributed by atoms with Crippen LogP contribution < -0.4 is 10.2 Å². The molecule has 0 aromatic heterocycles. The molecule has 32 heavy (non-hydrogen) atoms. The van der Waals surface area contributed by atoms with E-state index in [1.54, 1.807) is 49.4 Å². The van der Waals surface area contributed by atoms with Crippen molar-refractivity contribution < 1.29 is 14.4 Å². The molecule has 1 saturated heterocycles. The first-order chi connectivity index (χ1) is 15.3. The highest BCUT2D eigenvalue weighted by atomic mass is 35.5. The number of piperidine rings is 1. The Morgan fingerprint density at radius 3 is 2.47 bits per heavy atom. The molecule has 1 N–H and O–H groups in total. The summed E-state index contributed by atoms with van der Waals surface area (Å²) in [4.78, 5) is 42.0. The Balaban J connectivity index is 1.81. The Hall–Kier alpha value is -3.12. The standard InChI is InChI=1S/C25H26ClN3O3/c1-15-6-5-13-28(14-15)23-22(18-9-11-19(12-10-18)27-17(3)30)24(31)29(25(23)32)21-8-4-7-20(26)16(21)2/h4,7-12,15H,5-6,13-14H2,1-3H3,(H,27,30). The minimum absolute atomic E-state index is 0.172. The molecule has 6 nitrogen and oxygen atoms in total. The van der Waals surface area contributed by atoms with Crippen LogP contribution in [0, 0.1) is 12.8 Å². The van der Waals surface area contributed by atoms with E-state index in [1.165, 1.54) is 11.8 Å². The number of anilines is 2. The third-order valence-corrected chi connectivity index (χ3v) is 6.42. The zero-order chi connectivity index (χ0) is 23.0. The fourth-order valence-corrected chi connectivity index (χ4v) is 4.61. The van der Waals surface area contributed by atoms with Crippen molar-refractivity contribution in [3.8, 4) is 0 Å². The first-order valence-corrected chi connectivity index (χ1v) is 11.2. The van der Waals surface area contributed by atoms with Gasteiger partial charge >= 0.3 is 0 Å². The summed E-state index contributed by atoms with van der Waals surface area (Å²) < 4.78 is 0. The molecular weight excluding hydrogens is 426 g/mol. The quantitative estimate of drug-likeness (QED) is 0.688. The molecule has 2 aromatic rings. The number of likely N-dealkylation sites (tertiary alicyclic amines) is 1. The van der Waals surface area contributed by atoms with Crippen LogP contribution in [-0.4, -0.2) is 35.7 Å². The average molecular weight is 452 g/mol. The SMILES string of the molecule is CC(=O)Nc1ccc(C2=C(N3CCCC(C)C3)C(=O)N(c3cccc(Cl)c3C)C2=O)cc1. The van der Waals surface area contributed by atoms with Crippen molar-refractivity contribution in [1.82, 2.24) is 4.90 Å². The van der Waals surface area contributed by atoms with Crippen LogP contribution in [0.15, 0.2) is 48.2 Å². The summed E-state index contributed by atoms with van der Waals surface area (Å²) in [6.45, 7) is 6.87. The predicted octanol–water partition coefficient (Wildman–Crippen LogP) is 4.62. The van der Waals surface area contributed by atoms with E-state index in [4.69, 9.17) is 11.6 Å². The van der Waals surface area contributed by atoms with E-state index >= 15 is 0 Å². The zero-order valence-corrected chi connectivity index (χ0v) is 19.2. The highest BCUT2D eigenvalue weighted by molar-refractivity contribution is 6.46. The maximum Gasteiger partial charge on any atom is 0.282 e. The molecule has 3 amide bonds. The molecule has 166 valence electrons. The second-order valence-electron chi connectivity index (χ2n) is 8.51. The van der Waals surface area contributed by atoms with Gasteiger partial charge in [0.15, 0.2) is 0 Å². The molecule has 2 aliphatic heterocycles. The van der Waals surface area contributed by atoms with Crippen molar-refractivity contribution in [2.75, 3.05) is 23.3 Å². The van der Waals surface area contributed by atoms with Gasteiger partial charge in [0.05, 0.1) is 11.3 Å². The van der Waals surface area contributed by atoms with E-state index in [0.717, 1.165) is 25.9 Å². The summed E-state index contributed by atoms with van der Waals surface area (Å²) in [7, 11) is 0. The lowest BCUT2D eigenvalue weighted by Crippen LogP contribution is -2.39. The third-order valence-electron chi connectivity index (χ3n) is 6.01. The van der Waals surface area contributed by atoms with Crippen molar-refractivity contribution >= 4 is 46.3 Å². The lowest BCUT2D eigenvalue weighted by Gasteiger charge is -2.33. The first kappa shape index (κ1) is 22.1. The number of carbonyl (C=O) groups excluding carboxylic acids is 3. The molecule has 1 unspecified atom stereocenters. The lowest BCUT2D eigenvalue weighted by atomic mass is 9.97. The van der Waals surface area contributed by atoms with Crippen LogP contribution in [0.1, 0.15) is 37.8 Å². The van der Waals surface area contributed by atoms with Gasteiger partial charge in [0, 0.05) is 30.7 Å². The molecule has 2 aromatic carbocycles. The van der Waals surface area contributed by atoms with Crippen LogP contribution in [0.2, 0.25) is 5.02 Å². The van der Waals surface area contributed by atoms with E-state index in [9.17, 15) is 14.4 Å². The molecule has 1 atom stereocenters. The number of carbonyl (C=O) groups is 3. The normalized spacial score (nSPS) is 19.1. The fraction of sp³-hybridized carbons (Fsp3) is 0.320. The number of nitrogens with zero attached hydrogens (tertiary/aromatic N) is 2. The number of benzene rings is 2. The molecule has 0 spiro atoms. The number of imide groups is 1. The topological polar surface area (TPSA) is 69.7 Å². The molecular formula is C25H26ClN3O3. The van der Waals surface area contributed by atoms with Gasteiger partial charge in [-0.15, -0.1) is 0 Å². The van der Waals surface area contributed by atoms with Crippen molar-refractivity contribution in [3.05, 3.63) is 64.3 Å². The number of rotatable bonds is 4. The molecule has 0 saturated carbocycles. The summed E-state index contributed by atoms with van der Waals surface area (Å²) in [5.41, 5.74) is 3.29. The van der Waals surface area contributed by atoms with E-state index in [-0.39, 0.29) is 17.7 Å². The molecule has 1 fully saturated rings. The van der Waals surface area contributed by atoms with Crippen LogP contribution in [-0.2, 0) is 14.4 Å². The highest BCUT2D eigenvalue weighted by Crippen LogP contribution is 2.38. The fourth-order valence-electron chi connectivity index (χ4n) is 4.44. The van der Waals surface area contributed by atoms with Crippen molar-refractivity contribution in [1.29, 1.82) is 0 Å². The van der Waals surface area contributed by atoms with Crippen LogP contribution in [0.4, 0.5) is 11.4 Å². The number of halogens is 1. The van der Waals surface area contributed by atoms with Crippen LogP contribution in [0.5, 0.6) is 0 Å². The van der Waals surface area contributed by atoms with Gasteiger partial charge in [-0.1, -0.05) is 36.7 Å². The van der Waals surface area contributed by atoms with Gasteiger partial charge < -0.3 is 10.2 Å². The monoisotopic (exact) mass is 451 g/mol. The van der Waals surface area contributed by atoms with Crippen LogP contribution in [0.25, 0.3) is 5.57 Å². The van der Waals surface area contributed by atoms with Gasteiger partial charge in [0.25, 0.3) is 11.8 Å². The Bertz CT molecular complexity index is 1120. The average Bonchev–Trinajstić information content (AvgIpc) is 3.00. The van der Waals surface area contributed by atoms with E-state index in [0.29, 0.717) is 44.7 Å². The number of nitrogens with one attached hydrogen (secondary N) is 1. The molecule has 0 radical (unpaired) electrons. The number of hydrogen-bond donors (Lipinski definition) is 1. The minimum Gasteiger partial charge on any atom is -0.366 e. The molecule has 7 heteroatoms.